The highest BCUT2D eigenvalue weighted by molar-refractivity contribution is 5.85. The number of ether oxygens (including phenoxy) is 2. The largest absolute Gasteiger partial charge is 0.480 e. The summed E-state index contributed by atoms with van der Waals surface area (Å²) in [5.74, 6) is -1.31. The molecule has 0 saturated carbocycles. The molecule has 2 saturated heterocycles. The van der Waals surface area contributed by atoms with Crippen molar-refractivity contribution in [3.8, 4) is 0 Å². The second kappa shape index (κ2) is 5.46. The van der Waals surface area contributed by atoms with Gasteiger partial charge in [-0.05, 0) is 12.8 Å². The van der Waals surface area contributed by atoms with Gasteiger partial charge in [0.15, 0.2) is 6.04 Å². The minimum Gasteiger partial charge on any atom is -0.480 e. The number of carbonyl (C=O) groups excluding carboxylic acids is 1. The lowest BCUT2D eigenvalue weighted by Gasteiger charge is -2.36. The Kier molecular flexibility index (Phi) is 3.96. The summed E-state index contributed by atoms with van der Waals surface area (Å²) in [6.07, 6.45) is 1.64. The summed E-state index contributed by atoms with van der Waals surface area (Å²) in [7, 11) is 0. The Bertz CT molecular complexity index is 300. The van der Waals surface area contributed by atoms with E-state index in [2.05, 4.69) is 0 Å². The van der Waals surface area contributed by atoms with E-state index in [0.717, 1.165) is 12.8 Å². The number of rotatable bonds is 2. The second-order valence-corrected chi connectivity index (χ2v) is 4.37. The third-order valence-corrected chi connectivity index (χ3v) is 3.21. The van der Waals surface area contributed by atoms with E-state index >= 15 is 0 Å². The van der Waals surface area contributed by atoms with Crippen LogP contribution < -0.4 is 0 Å². The van der Waals surface area contributed by atoms with E-state index in [1.807, 2.05) is 0 Å². The molecule has 0 aromatic carbocycles. The van der Waals surface area contributed by atoms with Crippen LogP contribution in [0.2, 0.25) is 0 Å². The number of carboxylic acids is 1. The molecule has 0 aromatic heterocycles. The SMILES string of the molecule is O=C(O)C1COCCN1C(=O)C1CCCOC1. The first kappa shape index (κ1) is 12.3. The molecule has 0 spiro atoms. The molecular formula is C11H17NO5. The molecule has 2 aliphatic rings. The van der Waals surface area contributed by atoms with E-state index in [0.29, 0.717) is 26.4 Å². The minimum absolute atomic E-state index is 0.0780. The van der Waals surface area contributed by atoms with Crippen molar-refractivity contribution >= 4 is 11.9 Å². The predicted molar refractivity (Wildman–Crippen MR) is 57.5 cm³/mol. The molecule has 2 unspecified atom stereocenters. The molecule has 96 valence electrons. The van der Waals surface area contributed by atoms with Crippen LogP contribution in [-0.4, -0.2) is 60.9 Å². The van der Waals surface area contributed by atoms with E-state index in [-0.39, 0.29) is 18.4 Å². The van der Waals surface area contributed by atoms with Gasteiger partial charge in [-0.2, -0.15) is 0 Å². The smallest absolute Gasteiger partial charge is 0.328 e. The van der Waals surface area contributed by atoms with Crippen LogP contribution in [0, 0.1) is 5.92 Å². The van der Waals surface area contributed by atoms with E-state index in [9.17, 15) is 9.59 Å². The number of carbonyl (C=O) groups is 2. The van der Waals surface area contributed by atoms with Crippen LogP contribution in [0.1, 0.15) is 12.8 Å². The number of amides is 1. The first-order chi connectivity index (χ1) is 8.20. The average Bonchev–Trinajstić information content (AvgIpc) is 2.39. The van der Waals surface area contributed by atoms with Gasteiger partial charge in [0.25, 0.3) is 0 Å². The summed E-state index contributed by atoms with van der Waals surface area (Å²) in [5, 5.41) is 9.05. The lowest BCUT2D eigenvalue weighted by Crippen LogP contribution is -2.55. The molecular weight excluding hydrogens is 226 g/mol. The van der Waals surface area contributed by atoms with Gasteiger partial charge in [-0.3, -0.25) is 4.79 Å². The molecule has 6 heteroatoms. The van der Waals surface area contributed by atoms with Crippen molar-refractivity contribution in [2.75, 3.05) is 33.0 Å². The zero-order chi connectivity index (χ0) is 12.3. The Morgan fingerprint density at radius 2 is 1.94 bits per heavy atom. The number of hydrogen-bond acceptors (Lipinski definition) is 4. The Hall–Kier alpha value is -1.14. The molecule has 0 aromatic rings. The van der Waals surface area contributed by atoms with Crippen LogP contribution in [0.25, 0.3) is 0 Å². The Morgan fingerprint density at radius 1 is 1.18 bits per heavy atom. The monoisotopic (exact) mass is 243 g/mol. The van der Waals surface area contributed by atoms with Crippen molar-refractivity contribution in [1.82, 2.24) is 4.90 Å². The van der Waals surface area contributed by atoms with Crippen LogP contribution in [0.15, 0.2) is 0 Å². The van der Waals surface area contributed by atoms with Crippen molar-refractivity contribution in [2.45, 2.75) is 18.9 Å². The molecule has 2 atom stereocenters. The summed E-state index contributed by atoms with van der Waals surface area (Å²) in [6, 6.07) is -0.849. The maximum atomic E-state index is 12.2. The molecule has 0 bridgehead atoms. The zero-order valence-corrected chi connectivity index (χ0v) is 9.63. The highest BCUT2D eigenvalue weighted by atomic mass is 16.5. The highest BCUT2D eigenvalue weighted by Gasteiger charge is 2.36. The third-order valence-electron chi connectivity index (χ3n) is 3.21. The zero-order valence-electron chi connectivity index (χ0n) is 9.63. The van der Waals surface area contributed by atoms with Crippen molar-refractivity contribution in [2.24, 2.45) is 5.92 Å². The lowest BCUT2D eigenvalue weighted by molar-refractivity contribution is -0.162. The van der Waals surface area contributed by atoms with Gasteiger partial charge in [0.1, 0.15) is 0 Å². The van der Waals surface area contributed by atoms with Gasteiger partial charge in [0, 0.05) is 13.2 Å². The second-order valence-electron chi connectivity index (χ2n) is 4.37. The van der Waals surface area contributed by atoms with E-state index in [1.165, 1.54) is 4.90 Å². The van der Waals surface area contributed by atoms with Gasteiger partial charge in [0.2, 0.25) is 5.91 Å². The molecule has 2 rings (SSSR count). The van der Waals surface area contributed by atoms with E-state index in [1.54, 1.807) is 0 Å². The summed E-state index contributed by atoms with van der Waals surface area (Å²) in [5.41, 5.74) is 0. The molecule has 2 heterocycles. The molecule has 1 amide bonds. The Balaban J connectivity index is 2.02. The van der Waals surface area contributed by atoms with Crippen LogP contribution >= 0.6 is 0 Å². The Labute approximate surface area is 99.5 Å². The predicted octanol–water partition coefficient (Wildman–Crippen LogP) is -0.275. The molecule has 0 radical (unpaired) electrons. The van der Waals surface area contributed by atoms with Gasteiger partial charge in [-0.25, -0.2) is 4.79 Å². The van der Waals surface area contributed by atoms with E-state index in [4.69, 9.17) is 14.6 Å². The van der Waals surface area contributed by atoms with Crippen LogP contribution in [-0.2, 0) is 19.1 Å². The third kappa shape index (κ3) is 2.76. The Morgan fingerprint density at radius 3 is 2.59 bits per heavy atom. The average molecular weight is 243 g/mol. The van der Waals surface area contributed by atoms with Gasteiger partial charge in [-0.1, -0.05) is 0 Å². The van der Waals surface area contributed by atoms with Crippen molar-refractivity contribution in [1.29, 1.82) is 0 Å². The van der Waals surface area contributed by atoms with Gasteiger partial charge >= 0.3 is 5.97 Å². The summed E-state index contributed by atoms with van der Waals surface area (Å²) in [6.45, 7) is 1.93. The fraction of sp³-hybridized carbons (Fsp3) is 0.818. The maximum Gasteiger partial charge on any atom is 0.328 e. The molecule has 0 aliphatic carbocycles. The molecule has 1 N–H and O–H groups in total. The molecule has 6 nitrogen and oxygen atoms in total. The summed E-state index contributed by atoms with van der Waals surface area (Å²) >= 11 is 0. The fourth-order valence-corrected chi connectivity index (χ4v) is 2.24. The van der Waals surface area contributed by atoms with Gasteiger partial charge in [0.05, 0.1) is 25.7 Å². The number of aliphatic carboxylic acids is 1. The van der Waals surface area contributed by atoms with Crippen molar-refractivity contribution < 1.29 is 24.2 Å². The lowest BCUT2D eigenvalue weighted by atomic mass is 9.99. The first-order valence-electron chi connectivity index (χ1n) is 5.89. The van der Waals surface area contributed by atoms with Crippen LogP contribution in [0.5, 0.6) is 0 Å². The van der Waals surface area contributed by atoms with Crippen LogP contribution in [0.4, 0.5) is 0 Å². The normalized spacial score (nSPS) is 30.0. The summed E-state index contributed by atoms with van der Waals surface area (Å²) in [4.78, 5) is 24.7. The fourth-order valence-electron chi connectivity index (χ4n) is 2.24. The maximum absolute atomic E-state index is 12.2. The molecule has 2 aliphatic heterocycles. The minimum atomic E-state index is -1.00. The quantitative estimate of drug-likeness (QED) is 0.722. The first-order valence-corrected chi connectivity index (χ1v) is 5.89. The number of nitrogens with zero attached hydrogens (tertiary/aromatic N) is 1. The van der Waals surface area contributed by atoms with Gasteiger partial charge in [-0.15, -0.1) is 0 Å². The topological polar surface area (TPSA) is 76.1 Å². The number of morpholine rings is 1. The standard InChI is InChI=1S/C11H17NO5/c13-10(8-2-1-4-16-6-8)12-3-5-17-7-9(12)11(14)15/h8-9H,1-7H2,(H,14,15). The highest BCUT2D eigenvalue weighted by Crippen LogP contribution is 2.19. The molecule has 17 heavy (non-hydrogen) atoms. The number of carboxylic acid groups (broad SMARTS) is 1. The van der Waals surface area contributed by atoms with E-state index < -0.39 is 12.0 Å². The van der Waals surface area contributed by atoms with Crippen molar-refractivity contribution in [3.63, 3.8) is 0 Å². The summed E-state index contributed by atoms with van der Waals surface area (Å²) < 4.78 is 10.4. The van der Waals surface area contributed by atoms with Crippen LogP contribution in [0.3, 0.4) is 0 Å². The number of hydrogen-bond donors (Lipinski definition) is 1. The van der Waals surface area contributed by atoms with Crippen molar-refractivity contribution in [3.05, 3.63) is 0 Å². The molecule has 2 fully saturated rings. The van der Waals surface area contributed by atoms with Gasteiger partial charge < -0.3 is 19.5 Å².